The number of halogens is 1. The van der Waals surface area contributed by atoms with Gasteiger partial charge in [-0.2, -0.15) is 0 Å². The van der Waals surface area contributed by atoms with Gasteiger partial charge >= 0.3 is 0 Å². The molecule has 0 aliphatic rings. The van der Waals surface area contributed by atoms with E-state index in [-0.39, 0.29) is 23.8 Å². The third-order valence-electron chi connectivity index (χ3n) is 4.35. The Morgan fingerprint density at radius 2 is 1.71 bits per heavy atom. The summed E-state index contributed by atoms with van der Waals surface area (Å²) in [7, 11) is 0. The molecule has 0 saturated heterocycles. The summed E-state index contributed by atoms with van der Waals surface area (Å²) in [4.78, 5) is 27.5. The molecule has 2 aromatic rings. The van der Waals surface area contributed by atoms with Gasteiger partial charge in [0, 0.05) is 17.1 Å². The fourth-order valence-corrected chi connectivity index (χ4v) is 3.20. The molecule has 0 aliphatic carbocycles. The van der Waals surface area contributed by atoms with Gasteiger partial charge in [0.2, 0.25) is 11.8 Å². The number of rotatable bonds is 6. The van der Waals surface area contributed by atoms with E-state index in [2.05, 4.69) is 5.32 Å². The average molecular weight is 401 g/mol. The highest BCUT2D eigenvalue weighted by atomic mass is 35.5. The molecule has 1 atom stereocenters. The maximum Gasteiger partial charge on any atom is 0.242 e. The van der Waals surface area contributed by atoms with Crippen LogP contribution in [-0.4, -0.2) is 28.3 Å². The lowest BCUT2D eigenvalue weighted by Crippen LogP contribution is -2.52. The first-order valence-electron chi connectivity index (χ1n) is 9.46. The maximum absolute atomic E-state index is 13.1. The van der Waals surface area contributed by atoms with Crippen molar-refractivity contribution in [3.8, 4) is 0 Å². The quantitative estimate of drug-likeness (QED) is 0.774. The fourth-order valence-electron chi connectivity index (χ4n) is 2.99. The zero-order valence-corrected chi connectivity index (χ0v) is 18.0. The number of aryl methyl sites for hydroxylation is 1. The van der Waals surface area contributed by atoms with Gasteiger partial charge in [-0.05, 0) is 57.9 Å². The van der Waals surface area contributed by atoms with Gasteiger partial charge in [0.1, 0.15) is 6.04 Å². The van der Waals surface area contributed by atoms with Gasteiger partial charge in [0.25, 0.3) is 0 Å². The number of benzene rings is 2. The van der Waals surface area contributed by atoms with Crippen LogP contribution >= 0.6 is 11.6 Å². The van der Waals surface area contributed by atoms with E-state index in [0.717, 1.165) is 16.7 Å². The highest BCUT2D eigenvalue weighted by Gasteiger charge is 2.28. The lowest BCUT2D eigenvalue weighted by Gasteiger charge is -2.31. The molecule has 1 N–H and O–H groups in total. The van der Waals surface area contributed by atoms with Crippen molar-refractivity contribution in [2.45, 2.75) is 59.2 Å². The molecular formula is C23H29ClN2O2. The molecular weight excluding hydrogens is 372 g/mol. The van der Waals surface area contributed by atoms with E-state index in [1.807, 2.05) is 70.2 Å². The third kappa shape index (κ3) is 6.68. The van der Waals surface area contributed by atoms with Crippen LogP contribution < -0.4 is 5.32 Å². The average Bonchev–Trinajstić information content (AvgIpc) is 2.57. The van der Waals surface area contributed by atoms with E-state index < -0.39 is 6.04 Å². The van der Waals surface area contributed by atoms with Crippen molar-refractivity contribution in [1.29, 1.82) is 0 Å². The molecule has 4 nitrogen and oxygen atoms in total. The summed E-state index contributed by atoms with van der Waals surface area (Å²) in [6.45, 7) is 9.86. The molecule has 2 amide bonds. The normalized spacial score (nSPS) is 12.4. The van der Waals surface area contributed by atoms with E-state index in [4.69, 9.17) is 11.6 Å². The monoisotopic (exact) mass is 400 g/mol. The molecule has 150 valence electrons. The standard InChI is InChI=1S/C23H29ClN2O2/c1-16-8-6-9-18(12-16)14-21(27)26(15-19-10-7-11-20(24)13-19)17(2)22(28)25-23(3,4)5/h6-13,17H,14-15H2,1-5H3,(H,25,28). The van der Waals surface area contributed by atoms with Crippen LogP contribution in [0.3, 0.4) is 0 Å². The van der Waals surface area contributed by atoms with Crippen LogP contribution in [0.25, 0.3) is 0 Å². The second-order valence-electron chi connectivity index (χ2n) is 8.23. The molecule has 0 bridgehead atoms. The van der Waals surface area contributed by atoms with Crippen LogP contribution in [0.1, 0.15) is 44.4 Å². The minimum Gasteiger partial charge on any atom is -0.350 e. The Morgan fingerprint density at radius 1 is 1.07 bits per heavy atom. The third-order valence-corrected chi connectivity index (χ3v) is 4.58. The number of hydrogen-bond acceptors (Lipinski definition) is 2. The molecule has 0 aliphatic heterocycles. The van der Waals surface area contributed by atoms with Gasteiger partial charge in [-0.15, -0.1) is 0 Å². The first-order valence-corrected chi connectivity index (χ1v) is 9.84. The van der Waals surface area contributed by atoms with Crippen LogP contribution in [0, 0.1) is 6.92 Å². The van der Waals surface area contributed by atoms with Crippen LogP contribution in [-0.2, 0) is 22.6 Å². The van der Waals surface area contributed by atoms with Crippen molar-refractivity contribution < 1.29 is 9.59 Å². The SMILES string of the molecule is Cc1cccc(CC(=O)N(Cc2cccc(Cl)c2)C(C)C(=O)NC(C)(C)C)c1. The first kappa shape index (κ1) is 22.0. The molecule has 1 unspecified atom stereocenters. The summed E-state index contributed by atoms with van der Waals surface area (Å²) < 4.78 is 0. The minimum absolute atomic E-state index is 0.0952. The highest BCUT2D eigenvalue weighted by molar-refractivity contribution is 6.30. The van der Waals surface area contributed by atoms with Crippen molar-refractivity contribution in [2.75, 3.05) is 0 Å². The van der Waals surface area contributed by atoms with Gasteiger partial charge in [0.15, 0.2) is 0 Å². The molecule has 2 rings (SSSR count). The molecule has 0 saturated carbocycles. The van der Waals surface area contributed by atoms with Crippen LogP contribution in [0.5, 0.6) is 0 Å². The summed E-state index contributed by atoms with van der Waals surface area (Å²) in [6, 6.07) is 14.6. The topological polar surface area (TPSA) is 49.4 Å². The summed E-state index contributed by atoms with van der Waals surface area (Å²) in [5.74, 6) is -0.269. The van der Waals surface area contributed by atoms with E-state index in [9.17, 15) is 9.59 Å². The zero-order valence-electron chi connectivity index (χ0n) is 17.3. The molecule has 0 fully saturated rings. The Kier molecular flexibility index (Phi) is 7.25. The Hall–Kier alpha value is -2.33. The Labute approximate surface area is 172 Å². The van der Waals surface area contributed by atoms with E-state index >= 15 is 0 Å². The predicted octanol–water partition coefficient (Wildman–Crippen LogP) is 4.52. The molecule has 0 aromatic heterocycles. The number of nitrogens with zero attached hydrogens (tertiary/aromatic N) is 1. The highest BCUT2D eigenvalue weighted by Crippen LogP contribution is 2.17. The number of carbonyl (C=O) groups is 2. The minimum atomic E-state index is -0.601. The van der Waals surface area contributed by atoms with Gasteiger partial charge in [-0.1, -0.05) is 53.6 Å². The number of amides is 2. The Morgan fingerprint density at radius 3 is 2.32 bits per heavy atom. The summed E-state index contributed by atoms with van der Waals surface area (Å²) >= 11 is 6.10. The largest absolute Gasteiger partial charge is 0.350 e. The lowest BCUT2D eigenvalue weighted by molar-refractivity contribution is -0.140. The van der Waals surface area contributed by atoms with Gasteiger partial charge in [0.05, 0.1) is 6.42 Å². The molecule has 0 radical (unpaired) electrons. The first-order chi connectivity index (χ1) is 13.0. The number of carbonyl (C=O) groups excluding carboxylic acids is 2. The summed E-state index contributed by atoms with van der Waals surface area (Å²) in [6.07, 6.45) is 0.245. The van der Waals surface area contributed by atoms with E-state index in [0.29, 0.717) is 11.6 Å². The van der Waals surface area contributed by atoms with Gasteiger partial charge in [-0.3, -0.25) is 9.59 Å². The number of hydrogen-bond donors (Lipinski definition) is 1. The smallest absolute Gasteiger partial charge is 0.242 e. The van der Waals surface area contributed by atoms with Gasteiger partial charge < -0.3 is 10.2 Å². The van der Waals surface area contributed by atoms with Crippen LogP contribution in [0.15, 0.2) is 48.5 Å². The van der Waals surface area contributed by atoms with Crippen molar-refractivity contribution in [3.05, 3.63) is 70.2 Å². The second-order valence-corrected chi connectivity index (χ2v) is 8.67. The van der Waals surface area contributed by atoms with Crippen molar-refractivity contribution >= 4 is 23.4 Å². The summed E-state index contributed by atoms with van der Waals surface area (Å²) in [5, 5.41) is 3.57. The second kappa shape index (κ2) is 9.24. The van der Waals surface area contributed by atoms with E-state index in [1.165, 1.54) is 0 Å². The Balaban J connectivity index is 2.26. The lowest BCUT2D eigenvalue weighted by atomic mass is 10.1. The molecule has 5 heteroatoms. The van der Waals surface area contributed by atoms with Gasteiger partial charge in [-0.25, -0.2) is 0 Å². The van der Waals surface area contributed by atoms with E-state index in [1.54, 1.807) is 17.9 Å². The zero-order chi connectivity index (χ0) is 20.9. The Bertz CT molecular complexity index is 842. The predicted molar refractivity (Wildman–Crippen MR) is 114 cm³/mol. The maximum atomic E-state index is 13.1. The van der Waals surface area contributed by atoms with Crippen molar-refractivity contribution in [3.63, 3.8) is 0 Å². The molecule has 28 heavy (non-hydrogen) atoms. The fraction of sp³-hybridized carbons (Fsp3) is 0.391. The summed E-state index contributed by atoms with van der Waals surface area (Å²) in [5.41, 5.74) is 2.56. The molecule has 2 aromatic carbocycles. The van der Waals surface area contributed by atoms with Crippen LogP contribution in [0.4, 0.5) is 0 Å². The van der Waals surface area contributed by atoms with Crippen LogP contribution in [0.2, 0.25) is 5.02 Å². The molecule has 0 spiro atoms. The van der Waals surface area contributed by atoms with Crippen molar-refractivity contribution in [2.24, 2.45) is 0 Å². The molecule has 0 heterocycles. The number of nitrogens with one attached hydrogen (secondary N) is 1. The van der Waals surface area contributed by atoms with Crippen molar-refractivity contribution in [1.82, 2.24) is 10.2 Å².